The molecule has 2 fully saturated rings. The molecule has 1 spiro atoms. The van der Waals surface area contributed by atoms with Crippen LogP contribution in [0, 0.1) is 5.41 Å². The minimum Gasteiger partial charge on any atom is -0.341 e. The Morgan fingerprint density at radius 2 is 1.67 bits per heavy atom. The zero-order chi connectivity index (χ0) is 22.8. The number of hydrogen-bond donors (Lipinski definition) is 1. The summed E-state index contributed by atoms with van der Waals surface area (Å²) in [6, 6.07) is 17.7. The van der Waals surface area contributed by atoms with E-state index in [1.807, 2.05) is 64.1 Å². The third-order valence-electron chi connectivity index (χ3n) is 7.25. The molecule has 0 radical (unpaired) electrons. The number of imidazole rings is 1. The van der Waals surface area contributed by atoms with Crippen molar-refractivity contribution in [2.45, 2.75) is 25.8 Å². The highest BCUT2D eigenvalue weighted by molar-refractivity contribution is 5.96. The Labute approximate surface area is 194 Å². The van der Waals surface area contributed by atoms with Gasteiger partial charge >= 0.3 is 0 Å². The molecule has 7 nitrogen and oxygen atoms in total. The van der Waals surface area contributed by atoms with E-state index in [1.165, 1.54) is 6.42 Å². The number of benzene rings is 2. The van der Waals surface area contributed by atoms with Gasteiger partial charge in [0.15, 0.2) is 5.82 Å². The van der Waals surface area contributed by atoms with E-state index in [0.29, 0.717) is 17.8 Å². The lowest BCUT2D eigenvalue weighted by atomic mass is 9.78. The molecular weight excluding hydrogens is 414 g/mol. The third kappa shape index (κ3) is 4.50. The Morgan fingerprint density at radius 3 is 2.39 bits per heavy atom. The number of carbonyl (C=O) groups excluding carboxylic acids is 2. The summed E-state index contributed by atoms with van der Waals surface area (Å²) in [6.07, 6.45) is 3.31. The van der Waals surface area contributed by atoms with Crippen LogP contribution < -0.4 is 5.32 Å². The average molecular weight is 446 g/mol. The van der Waals surface area contributed by atoms with Crippen molar-refractivity contribution in [3.8, 4) is 0 Å². The molecule has 2 saturated heterocycles. The van der Waals surface area contributed by atoms with Crippen molar-refractivity contribution >= 4 is 22.8 Å². The van der Waals surface area contributed by atoms with Crippen molar-refractivity contribution in [1.82, 2.24) is 24.7 Å². The second-order valence-electron chi connectivity index (χ2n) is 9.55. The minimum absolute atomic E-state index is 0.000276. The van der Waals surface area contributed by atoms with Gasteiger partial charge in [0.1, 0.15) is 0 Å². The highest BCUT2D eigenvalue weighted by Gasteiger charge is 2.40. The summed E-state index contributed by atoms with van der Waals surface area (Å²) >= 11 is 0. The Bertz CT molecular complexity index is 1150. The maximum atomic E-state index is 13.1. The number of para-hydroxylation sites is 2. The molecule has 0 atom stereocenters. The number of piperidine rings is 1. The van der Waals surface area contributed by atoms with Gasteiger partial charge in [-0.05, 0) is 56.0 Å². The molecule has 0 aliphatic carbocycles. The number of likely N-dealkylation sites (tertiary alicyclic amines) is 2. The second kappa shape index (κ2) is 8.98. The van der Waals surface area contributed by atoms with Crippen molar-refractivity contribution in [1.29, 1.82) is 0 Å². The molecule has 1 aromatic heterocycles. The van der Waals surface area contributed by atoms with Gasteiger partial charge in [-0.3, -0.25) is 9.59 Å². The molecule has 7 heteroatoms. The molecule has 3 aromatic rings. The molecule has 172 valence electrons. The van der Waals surface area contributed by atoms with Gasteiger partial charge < -0.3 is 19.7 Å². The first kappa shape index (κ1) is 21.6. The van der Waals surface area contributed by atoms with E-state index in [9.17, 15) is 9.59 Å². The number of amides is 2. The summed E-state index contributed by atoms with van der Waals surface area (Å²) in [5.41, 5.74) is 3.14. The van der Waals surface area contributed by atoms with Crippen LogP contribution in [-0.2, 0) is 11.3 Å². The standard InChI is InChI=1S/C26H31N5O2/c1-29-14-11-26(19-29)12-15-30(16-13-26)23(32)17-27-25(33)24-28-21-9-5-6-10-22(21)31(24)18-20-7-3-2-4-8-20/h2-10H,11-19H2,1H3,(H,27,33). The van der Waals surface area contributed by atoms with E-state index in [4.69, 9.17) is 0 Å². The van der Waals surface area contributed by atoms with E-state index in [0.717, 1.165) is 55.6 Å². The smallest absolute Gasteiger partial charge is 0.287 e. The third-order valence-corrected chi connectivity index (χ3v) is 7.25. The maximum absolute atomic E-state index is 13.1. The maximum Gasteiger partial charge on any atom is 0.287 e. The molecule has 33 heavy (non-hydrogen) atoms. The zero-order valence-corrected chi connectivity index (χ0v) is 19.2. The SMILES string of the molecule is CN1CCC2(CCN(C(=O)CNC(=O)c3nc4ccccc4n3Cc3ccccc3)CC2)C1. The van der Waals surface area contributed by atoms with Gasteiger partial charge in [0.05, 0.1) is 17.6 Å². The van der Waals surface area contributed by atoms with Crippen molar-refractivity contribution in [2.75, 3.05) is 39.8 Å². The van der Waals surface area contributed by atoms with E-state index in [1.54, 1.807) is 0 Å². The van der Waals surface area contributed by atoms with Crippen LogP contribution >= 0.6 is 0 Å². The molecule has 0 bridgehead atoms. The van der Waals surface area contributed by atoms with E-state index in [-0.39, 0.29) is 18.4 Å². The average Bonchev–Trinajstić information content (AvgIpc) is 3.39. The molecule has 2 aromatic carbocycles. The van der Waals surface area contributed by atoms with E-state index >= 15 is 0 Å². The topological polar surface area (TPSA) is 70.5 Å². The molecule has 2 amide bonds. The molecule has 2 aliphatic rings. The minimum atomic E-state index is -0.318. The van der Waals surface area contributed by atoms with Crippen LogP contribution in [0.3, 0.4) is 0 Å². The summed E-state index contributed by atoms with van der Waals surface area (Å²) in [5.74, 6) is -0.00362. The molecule has 2 aliphatic heterocycles. The second-order valence-corrected chi connectivity index (χ2v) is 9.55. The van der Waals surface area contributed by atoms with Gasteiger partial charge in [-0.15, -0.1) is 0 Å². The van der Waals surface area contributed by atoms with Crippen molar-refractivity contribution in [3.05, 3.63) is 66.0 Å². The van der Waals surface area contributed by atoms with E-state index in [2.05, 4.69) is 22.2 Å². The van der Waals surface area contributed by atoms with Crippen LogP contribution in [0.25, 0.3) is 11.0 Å². The summed E-state index contributed by atoms with van der Waals surface area (Å²) in [4.78, 5) is 34.8. The number of aromatic nitrogens is 2. The molecular formula is C26H31N5O2. The number of nitrogens with zero attached hydrogens (tertiary/aromatic N) is 4. The van der Waals surface area contributed by atoms with Gasteiger partial charge in [-0.1, -0.05) is 42.5 Å². The summed E-state index contributed by atoms with van der Waals surface area (Å²) in [6.45, 7) is 4.36. The number of nitrogens with one attached hydrogen (secondary N) is 1. The van der Waals surface area contributed by atoms with Crippen LogP contribution in [0.5, 0.6) is 0 Å². The fraction of sp³-hybridized carbons (Fsp3) is 0.423. The van der Waals surface area contributed by atoms with Crippen LogP contribution in [-0.4, -0.2) is 70.9 Å². The fourth-order valence-corrected chi connectivity index (χ4v) is 5.32. The molecule has 0 unspecified atom stereocenters. The van der Waals surface area contributed by atoms with Crippen molar-refractivity contribution in [3.63, 3.8) is 0 Å². The fourth-order valence-electron chi connectivity index (χ4n) is 5.32. The molecule has 5 rings (SSSR count). The van der Waals surface area contributed by atoms with E-state index < -0.39 is 0 Å². The Kier molecular flexibility index (Phi) is 5.89. The monoisotopic (exact) mass is 445 g/mol. The van der Waals surface area contributed by atoms with Crippen LogP contribution in [0.1, 0.15) is 35.4 Å². The Balaban J connectivity index is 1.25. The first-order valence-electron chi connectivity index (χ1n) is 11.8. The highest BCUT2D eigenvalue weighted by atomic mass is 16.2. The first-order chi connectivity index (χ1) is 16.0. The lowest BCUT2D eigenvalue weighted by Gasteiger charge is -2.39. The summed E-state index contributed by atoms with van der Waals surface area (Å²) < 4.78 is 1.92. The quantitative estimate of drug-likeness (QED) is 0.656. The van der Waals surface area contributed by atoms with Crippen LogP contribution in [0.2, 0.25) is 0 Å². The van der Waals surface area contributed by atoms with Gasteiger partial charge in [0, 0.05) is 26.2 Å². The summed E-state index contributed by atoms with van der Waals surface area (Å²) in [5, 5.41) is 2.83. The van der Waals surface area contributed by atoms with Gasteiger partial charge in [0.25, 0.3) is 5.91 Å². The lowest BCUT2D eigenvalue weighted by Crippen LogP contribution is -2.47. The van der Waals surface area contributed by atoms with Gasteiger partial charge in [0.2, 0.25) is 5.91 Å². The van der Waals surface area contributed by atoms with Crippen LogP contribution in [0.4, 0.5) is 0 Å². The predicted octanol–water partition coefficient (Wildman–Crippen LogP) is 2.76. The van der Waals surface area contributed by atoms with Crippen molar-refractivity contribution in [2.24, 2.45) is 5.41 Å². The highest BCUT2D eigenvalue weighted by Crippen LogP contribution is 2.39. The predicted molar refractivity (Wildman–Crippen MR) is 128 cm³/mol. The van der Waals surface area contributed by atoms with Crippen molar-refractivity contribution < 1.29 is 9.59 Å². The normalized spacial score (nSPS) is 18.2. The molecule has 1 N–H and O–H groups in total. The first-order valence-corrected chi connectivity index (χ1v) is 11.8. The number of carbonyl (C=O) groups is 2. The Hall–Kier alpha value is -3.19. The van der Waals surface area contributed by atoms with Gasteiger partial charge in [-0.2, -0.15) is 0 Å². The number of rotatable bonds is 5. The molecule has 3 heterocycles. The Morgan fingerprint density at radius 1 is 0.970 bits per heavy atom. The summed E-state index contributed by atoms with van der Waals surface area (Å²) in [7, 11) is 2.17. The zero-order valence-electron chi connectivity index (χ0n) is 19.2. The van der Waals surface area contributed by atoms with Gasteiger partial charge in [-0.25, -0.2) is 4.98 Å². The largest absolute Gasteiger partial charge is 0.341 e. The molecule has 0 saturated carbocycles. The van der Waals surface area contributed by atoms with Crippen LogP contribution in [0.15, 0.2) is 54.6 Å². The number of hydrogen-bond acceptors (Lipinski definition) is 4. The lowest BCUT2D eigenvalue weighted by molar-refractivity contribution is -0.132. The number of fused-ring (bicyclic) bond motifs is 1.